The van der Waals surface area contributed by atoms with Gasteiger partial charge in [-0.05, 0) is 23.8 Å². The van der Waals surface area contributed by atoms with Crippen molar-refractivity contribution >= 4 is 23.8 Å². The van der Waals surface area contributed by atoms with Gasteiger partial charge in [0.1, 0.15) is 0 Å². The zero-order valence-corrected chi connectivity index (χ0v) is 13.8. The summed E-state index contributed by atoms with van der Waals surface area (Å²) >= 11 is 1.50. The molecule has 0 aliphatic heterocycles. The Kier molecular flexibility index (Phi) is 6.64. The van der Waals surface area contributed by atoms with E-state index < -0.39 is 7.92 Å². The molecule has 0 atom stereocenters. The topological polar surface area (TPSA) is 17.1 Å². The Labute approximate surface area is 137 Å². The predicted molar refractivity (Wildman–Crippen MR) is 85.8 cm³/mol. The summed E-state index contributed by atoms with van der Waals surface area (Å²) in [5, 5.41) is 4.19. The fourth-order valence-electron chi connectivity index (χ4n) is 2.18. The number of hydrogen-bond donors (Lipinski definition) is 0. The van der Waals surface area contributed by atoms with E-state index in [0.29, 0.717) is 0 Å². The first-order chi connectivity index (χ1) is 10.4. The Hall–Kier alpha value is -1.45. The summed E-state index contributed by atoms with van der Waals surface area (Å²) in [6.07, 6.45) is 0. The smallest absolute Gasteiger partial charge is 0.0134 e. The Morgan fingerprint density at radius 2 is 0.714 bits per heavy atom. The summed E-state index contributed by atoms with van der Waals surface area (Å²) in [5.74, 6) is 0. The number of hydrogen-bond acceptors (Lipinski definition) is 1. The van der Waals surface area contributed by atoms with E-state index in [0.717, 1.165) is 0 Å². The first kappa shape index (κ1) is 15.9. The molecule has 0 saturated heterocycles. The molecule has 3 rings (SSSR count). The van der Waals surface area contributed by atoms with Crippen molar-refractivity contribution in [3.8, 4) is 0 Å². The molecule has 3 aromatic rings. The molecule has 0 amide bonds. The first-order valence-corrected chi connectivity index (χ1v) is 8.51. The Bertz CT molecular complexity index is 550. The SMILES string of the molecule is [O]=[Pd].c1ccc(P(c2ccccc2)c2ccccc2)cc1. The first-order valence-electron chi connectivity index (χ1n) is 6.53. The van der Waals surface area contributed by atoms with E-state index in [9.17, 15) is 0 Å². The molecule has 3 aromatic carbocycles. The van der Waals surface area contributed by atoms with Crippen LogP contribution in [0.15, 0.2) is 91.0 Å². The van der Waals surface area contributed by atoms with Crippen molar-refractivity contribution in [2.75, 3.05) is 0 Å². The minimum absolute atomic E-state index is 0.446. The molecule has 0 heterocycles. The third kappa shape index (κ3) is 4.26. The van der Waals surface area contributed by atoms with Crippen LogP contribution in [0.5, 0.6) is 0 Å². The molecule has 0 aromatic heterocycles. The van der Waals surface area contributed by atoms with Crippen LogP contribution in [0.1, 0.15) is 0 Å². The standard InChI is InChI=1S/C18H15P.O.Pd/c1-4-10-16(11-5-1)19(17-12-6-2-7-13-17)18-14-8-3-9-15-18;;/h1-15H;;. The monoisotopic (exact) mass is 384 g/mol. The molecule has 0 bridgehead atoms. The summed E-state index contributed by atoms with van der Waals surface area (Å²) in [7, 11) is -0.446. The summed E-state index contributed by atoms with van der Waals surface area (Å²) in [6, 6.07) is 32.3. The van der Waals surface area contributed by atoms with Gasteiger partial charge in [0.2, 0.25) is 0 Å². The molecule has 0 radical (unpaired) electrons. The Balaban J connectivity index is 0.000000774. The van der Waals surface area contributed by atoms with E-state index in [1.165, 1.54) is 35.1 Å². The van der Waals surface area contributed by atoms with Crippen molar-refractivity contribution in [3.05, 3.63) is 91.0 Å². The van der Waals surface area contributed by atoms with Gasteiger partial charge in [0, 0.05) is 0 Å². The van der Waals surface area contributed by atoms with Gasteiger partial charge >= 0.3 is 22.6 Å². The van der Waals surface area contributed by atoms with Gasteiger partial charge in [-0.25, -0.2) is 0 Å². The summed E-state index contributed by atoms with van der Waals surface area (Å²) in [6.45, 7) is 0. The zero-order valence-electron chi connectivity index (χ0n) is 11.3. The van der Waals surface area contributed by atoms with Crippen LogP contribution in [0.25, 0.3) is 0 Å². The zero-order chi connectivity index (χ0) is 14.9. The summed E-state index contributed by atoms with van der Waals surface area (Å²) < 4.78 is 8.10. The van der Waals surface area contributed by atoms with Crippen LogP contribution in [0.3, 0.4) is 0 Å². The molecule has 0 N–H and O–H groups in total. The molecule has 0 aliphatic rings. The van der Waals surface area contributed by atoms with Crippen molar-refractivity contribution in [1.82, 2.24) is 0 Å². The predicted octanol–water partition coefficient (Wildman–Crippen LogP) is 3.32. The average Bonchev–Trinajstić information content (AvgIpc) is 2.60. The minimum Gasteiger partial charge on any atom is -0.0622 e. The van der Waals surface area contributed by atoms with Gasteiger partial charge in [-0.1, -0.05) is 91.0 Å². The van der Waals surface area contributed by atoms with Gasteiger partial charge in [-0.2, -0.15) is 0 Å². The van der Waals surface area contributed by atoms with Crippen LogP contribution in [-0.4, -0.2) is 0 Å². The van der Waals surface area contributed by atoms with Gasteiger partial charge < -0.3 is 0 Å². The molecule has 21 heavy (non-hydrogen) atoms. The molecule has 108 valence electrons. The van der Waals surface area contributed by atoms with E-state index in [1.807, 2.05) is 0 Å². The van der Waals surface area contributed by atoms with Gasteiger partial charge in [-0.3, -0.25) is 0 Å². The van der Waals surface area contributed by atoms with E-state index in [4.69, 9.17) is 3.47 Å². The maximum absolute atomic E-state index is 8.10. The molecule has 0 aliphatic carbocycles. The molecule has 0 fully saturated rings. The second-order valence-electron chi connectivity index (χ2n) is 4.34. The van der Waals surface area contributed by atoms with Crippen LogP contribution in [0.4, 0.5) is 0 Å². The third-order valence-electron chi connectivity index (χ3n) is 3.04. The molecule has 0 unspecified atom stereocenters. The van der Waals surface area contributed by atoms with Crippen LogP contribution >= 0.6 is 7.92 Å². The van der Waals surface area contributed by atoms with Crippen LogP contribution in [-0.2, 0) is 22.6 Å². The second kappa shape index (κ2) is 8.75. The molecular weight excluding hydrogens is 370 g/mol. The van der Waals surface area contributed by atoms with Crippen LogP contribution in [0, 0.1) is 0 Å². The van der Waals surface area contributed by atoms with Gasteiger partial charge in [0.25, 0.3) is 0 Å². The number of rotatable bonds is 3. The fourth-order valence-corrected chi connectivity index (χ4v) is 4.48. The molecule has 0 spiro atoms. The quantitative estimate of drug-likeness (QED) is 0.500. The Morgan fingerprint density at radius 3 is 0.952 bits per heavy atom. The van der Waals surface area contributed by atoms with Crippen molar-refractivity contribution in [2.24, 2.45) is 0 Å². The van der Waals surface area contributed by atoms with Gasteiger partial charge in [-0.15, -0.1) is 0 Å². The van der Waals surface area contributed by atoms with Gasteiger partial charge in [0.15, 0.2) is 0 Å². The van der Waals surface area contributed by atoms with Crippen molar-refractivity contribution in [3.63, 3.8) is 0 Å². The van der Waals surface area contributed by atoms with Crippen LogP contribution in [0.2, 0.25) is 0 Å². The fraction of sp³-hybridized carbons (Fsp3) is 0. The van der Waals surface area contributed by atoms with Gasteiger partial charge in [0.05, 0.1) is 0 Å². The van der Waals surface area contributed by atoms with Crippen molar-refractivity contribution < 1.29 is 22.6 Å². The maximum Gasteiger partial charge on any atom is -0.0134 e. The normalized spacial score (nSPS) is 9.86. The van der Waals surface area contributed by atoms with E-state index in [1.54, 1.807) is 0 Å². The van der Waals surface area contributed by atoms with Crippen molar-refractivity contribution in [1.29, 1.82) is 0 Å². The van der Waals surface area contributed by atoms with E-state index in [2.05, 4.69) is 91.0 Å². The molecule has 0 saturated carbocycles. The largest absolute Gasteiger partial charge is 0.0622 e. The van der Waals surface area contributed by atoms with Crippen molar-refractivity contribution in [2.45, 2.75) is 0 Å². The van der Waals surface area contributed by atoms with E-state index >= 15 is 0 Å². The number of benzene rings is 3. The average molecular weight is 385 g/mol. The maximum atomic E-state index is 8.10. The molecule has 1 nitrogen and oxygen atoms in total. The molecule has 3 heteroatoms. The third-order valence-corrected chi connectivity index (χ3v) is 5.49. The molecular formula is C18H15OPPd. The Morgan fingerprint density at radius 1 is 0.476 bits per heavy atom. The van der Waals surface area contributed by atoms with Crippen LogP contribution < -0.4 is 15.9 Å². The summed E-state index contributed by atoms with van der Waals surface area (Å²) in [5.41, 5.74) is 0. The van der Waals surface area contributed by atoms with E-state index in [-0.39, 0.29) is 0 Å². The summed E-state index contributed by atoms with van der Waals surface area (Å²) in [4.78, 5) is 0. The minimum atomic E-state index is -0.446. The second-order valence-corrected chi connectivity index (χ2v) is 6.56.